The van der Waals surface area contributed by atoms with Gasteiger partial charge in [0.05, 0.1) is 20.3 Å². The largest absolute Gasteiger partial charge is 0.493 e. The number of carbonyl (C=O) groups excluding carboxylic acids is 2. The van der Waals surface area contributed by atoms with Gasteiger partial charge in [-0.05, 0) is 30.7 Å². The summed E-state index contributed by atoms with van der Waals surface area (Å²) in [4.78, 5) is 33.2. The van der Waals surface area contributed by atoms with Crippen LogP contribution < -0.4 is 20.1 Å². The smallest absolute Gasteiger partial charge is 0.322 e. The van der Waals surface area contributed by atoms with Crippen LogP contribution in [0.1, 0.15) is 12.5 Å². The van der Waals surface area contributed by atoms with E-state index in [4.69, 9.17) is 14.6 Å². The molecule has 0 unspecified atom stereocenters. The molecule has 0 fully saturated rings. The number of benzene rings is 1. The van der Waals surface area contributed by atoms with Crippen LogP contribution in [0, 0.1) is 0 Å². The van der Waals surface area contributed by atoms with Gasteiger partial charge in [0, 0.05) is 6.08 Å². The summed E-state index contributed by atoms with van der Waals surface area (Å²) >= 11 is 0. The van der Waals surface area contributed by atoms with Gasteiger partial charge in [0.1, 0.15) is 6.54 Å². The number of hydrogen-bond acceptors (Lipinski definition) is 5. The molecule has 1 rings (SSSR count). The molecule has 130 valence electrons. The van der Waals surface area contributed by atoms with E-state index < -0.39 is 24.3 Å². The Hall–Kier alpha value is -3.03. The van der Waals surface area contributed by atoms with E-state index in [-0.39, 0.29) is 6.54 Å². The monoisotopic (exact) mass is 336 g/mol. The molecule has 8 nitrogen and oxygen atoms in total. The van der Waals surface area contributed by atoms with E-state index >= 15 is 0 Å². The second-order valence-corrected chi connectivity index (χ2v) is 4.56. The maximum Gasteiger partial charge on any atom is 0.322 e. The highest BCUT2D eigenvalue weighted by Gasteiger charge is 2.06. The summed E-state index contributed by atoms with van der Waals surface area (Å²) in [5.41, 5.74) is 0.723. The number of carboxylic acids is 1. The van der Waals surface area contributed by atoms with Crippen molar-refractivity contribution in [2.75, 3.05) is 26.8 Å². The fourth-order valence-corrected chi connectivity index (χ4v) is 1.70. The molecule has 0 saturated carbocycles. The summed E-state index contributed by atoms with van der Waals surface area (Å²) < 4.78 is 10.6. The predicted molar refractivity (Wildman–Crippen MR) is 86.9 cm³/mol. The highest BCUT2D eigenvalue weighted by Crippen LogP contribution is 2.28. The lowest BCUT2D eigenvalue weighted by Crippen LogP contribution is -2.38. The van der Waals surface area contributed by atoms with E-state index in [0.29, 0.717) is 18.1 Å². The Morgan fingerprint density at radius 2 is 1.92 bits per heavy atom. The Labute approximate surface area is 139 Å². The van der Waals surface area contributed by atoms with E-state index in [1.54, 1.807) is 24.3 Å². The molecule has 0 atom stereocenters. The highest BCUT2D eigenvalue weighted by molar-refractivity contribution is 5.94. The van der Waals surface area contributed by atoms with E-state index in [2.05, 4.69) is 10.6 Å². The van der Waals surface area contributed by atoms with Crippen molar-refractivity contribution in [2.45, 2.75) is 6.92 Å². The van der Waals surface area contributed by atoms with Crippen molar-refractivity contribution in [2.24, 2.45) is 0 Å². The minimum Gasteiger partial charge on any atom is -0.493 e. The molecular weight excluding hydrogens is 316 g/mol. The highest BCUT2D eigenvalue weighted by atomic mass is 16.5. The third-order valence-corrected chi connectivity index (χ3v) is 2.77. The minimum atomic E-state index is -1.15. The lowest BCUT2D eigenvalue weighted by atomic mass is 10.2. The second kappa shape index (κ2) is 9.88. The zero-order valence-electron chi connectivity index (χ0n) is 13.5. The lowest BCUT2D eigenvalue weighted by molar-refractivity contribution is -0.137. The zero-order chi connectivity index (χ0) is 17.9. The molecule has 8 heteroatoms. The molecule has 0 aromatic heterocycles. The first kappa shape index (κ1) is 19.0. The molecule has 24 heavy (non-hydrogen) atoms. The number of amides is 2. The Balaban J connectivity index is 2.54. The maximum absolute atomic E-state index is 11.6. The van der Waals surface area contributed by atoms with Gasteiger partial charge < -0.3 is 25.2 Å². The van der Waals surface area contributed by atoms with Gasteiger partial charge >= 0.3 is 5.97 Å². The van der Waals surface area contributed by atoms with Crippen molar-refractivity contribution in [3.8, 4) is 11.5 Å². The standard InChI is InChI=1S/C16H20N2O6/c1-3-24-12-6-4-11(8-13(12)23-2)5-7-14(19)17-9-15(20)18-10-16(21)22/h4-8H,3,9-10H2,1-2H3,(H,17,19)(H,18,20)(H,21,22)/b7-5+. The Kier molecular flexibility index (Phi) is 7.83. The normalized spacial score (nSPS) is 10.2. The number of hydrogen-bond donors (Lipinski definition) is 3. The van der Waals surface area contributed by atoms with Crippen LogP contribution in [-0.2, 0) is 14.4 Å². The van der Waals surface area contributed by atoms with Gasteiger partial charge in [0.25, 0.3) is 0 Å². The molecule has 0 aliphatic heterocycles. The first-order valence-corrected chi connectivity index (χ1v) is 7.21. The van der Waals surface area contributed by atoms with Crippen molar-refractivity contribution in [1.29, 1.82) is 0 Å². The second-order valence-electron chi connectivity index (χ2n) is 4.56. The van der Waals surface area contributed by atoms with Crippen molar-refractivity contribution >= 4 is 23.9 Å². The fourth-order valence-electron chi connectivity index (χ4n) is 1.70. The van der Waals surface area contributed by atoms with Crippen LogP contribution in [-0.4, -0.2) is 49.7 Å². The maximum atomic E-state index is 11.6. The van der Waals surface area contributed by atoms with Gasteiger partial charge in [-0.1, -0.05) is 6.07 Å². The third kappa shape index (κ3) is 6.82. The van der Waals surface area contributed by atoms with Gasteiger partial charge in [0.15, 0.2) is 11.5 Å². The van der Waals surface area contributed by atoms with Gasteiger partial charge in [-0.2, -0.15) is 0 Å². The summed E-state index contributed by atoms with van der Waals surface area (Å²) in [6.45, 7) is 1.58. The molecule has 0 aliphatic rings. The SMILES string of the molecule is CCOc1ccc(/C=C/C(=O)NCC(=O)NCC(=O)O)cc1OC. The Morgan fingerprint density at radius 1 is 1.17 bits per heavy atom. The number of carbonyl (C=O) groups is 3. The molecule has 0 spiro atoms. The van der Waals surface area contributed by atoms with Crippen LogP contribution in [0.15, 0.2) is 24.3 Å². The first-order valence-electron chi connectivity index (χ1n) is 7.21. The summed E-state index contributed by atoms with van der Waals surface area (Å²) in [6, 6.07) is 5.21. The zero-order valence-corrected chi connectivity index (χ0v) is 13.5. The molecule has 0 heterocycles. The van der Waals surface area contributed by atoms with Gasteiger partial charge in [0.2, 0.25) is 11.8 Å². The molecule has 0 aliphatic carbocycles. The van der Waals surface area contributed by atoms with Crippen LogP contribution in [0.2, 0.25) is 0 Å². The molecule has 1 aromatic rings. The van der Waals surface area contributed by atoms with Crippen molar-refractivity contribution in [3.05, 3.63) is 29.8 Å². The van der Waals surface area contributed by atoms with Crippen LogP contribution in [0.3, 0.4) is 0 Å². The number of aliphatic carboxylic acids is 1. The number of carboxylic acid groups (broad SMARTS) is 1. The molecule has 3 N–H and O–H groups in total. The van der Waals surface area contributed by atoms with Gasteiger partial charge in [-0.15, -0.1) is 0 Å². The topological polar surface area (TPSA) is 114 Å². The third-order valence-electron chi connectivity index (χ3n) is 2.77. The first-order chi connectivity index (χ1) is 11.5. The van der Waals surface area contributed by atoms with Crippen LogP contribution >= 0.6 is 0 Å². The van der Waals surface area contributed by atoms with E-state index in [1.165, 1.54) is 13.2 Å². The lowest BCUT2D eigenvalue weighted by Gasteiger charge is -2.09. The quantitative estimate of drug-likeness (QED) is 0.563. The van der Waals surface area contributed by atoms with Crippen molar-refractivity contribution in [1.82, 2.24) is 10.6 Å². The Bertz CT molecular complexity index is 627. The van der Waals surface area contributed by atoms with E-state index in [1.807, 2.05) is 6.92 Å². The molecule has 2 amide bonds. The molecule has 0 radical (unpaired) electrons. The average Bonchev–Trinajstić information content (AvgIpc) is 2.57. The van der Waals surface area contributed by atoms with E-state index in [9.17, 15) is 14.4 Å². The van der Waals surface area contributed by atoms with Crippen molar-refractivity contribution < 1.29 is 29.0 Å². The van der Waals surface area contributed by atoms with Crippen LogP contribution in [0.25, 0.3) is 6.08 Å². The van der Waals surface area contributed by atoms with Gasteiger partial charge in [-0.25, -0.2) is 0 Å². The number of rotatable bonds is 9. The Morgan fingerprint density at radius 3 is 2.54 bits per heavy atom. The summed E-state index contributed by atoms with van der Waals surface area (Å²) in [7, 11) is 1.52. The minimum absolute atomic E-state index is 0.303. The molecule has 0 bridgehead atoms. The van der Waals surface area contributed by atoms with Crippen LogP contribution in [0.5, 0.6) is 11.5 Å². The van der Waals surface area contributed by atoms with Gasteiger partial charge in [-0.3, -0.25) is 14.4 Å². The van der Waals surface area contributed by atoms with Crippen molar-refractivity contribution in [3.63, 3.8) is 0 Å². The molecule has 1 aromatic carbocycles. The summed E-state index contributed by atoms with van der Waals surface area (Å²) in [5.74, 6) is -1.06. The van der Waals surface area contributed by atoms with Crippen LogP contribution in [0.4, 0.5) is 0 Å². The summed E-state index contributed by atoms with van der Waals surface area (Å²) in [6.07, 6.45) is 2.82. The average molecular weight is 336 g/mol. The number of methoxy groups -OCH3 is 1. The van der Waals surface area contributed by atoms with E-state index in [0.717, 1.165) is 5.56 Å². The summed E-state index contributed by atoms with van der Waals surface area (Å²) in [5, 5.41) is 12.9. The fraction of sp³-hybridized carbons (Fsp3) is 0.312. The molecule has 0 saturated heterocycles. The number of ether oxygens (including phenoxy) is 2. The predicted octanol–water partition coefficient (Wildman–Crippen LogP) is 0.424. The number of nitrogens with one attached hydrogen (secondary N) is 2. The molecular formula is C16H20N2O6.